The third-order valence-corrected chi connectivity index (χ3v) is 7.60. The first-order chi connectivity index (χ1) is 19.2. The molecule has 0 saturated heterocycles. The van der Waals surface area contributed by atoms with E-state index < -0.39 is 11.6 Å². The van der Waals surface area contributed by atoms with Crippen molar-refractivity contribution < 1.29 is 9.59 Å². The second-order valence-electron chi connectivity index (χ2n) is 10.8. The molecule has 5 aromatic rings. The average Bonchev–Trinajstić information content (AvgIpc) is 3.35. The van der Waals surface area contributed by atoms with Crippen LogP contribution in [0, 0.1) is 13.8 Å². The Morgan fingerprint density at radius 2 is 1.77 bits per heavy atom. The second kappa shape index (κ2) is 10.9. The molecule has 0 spiro atoms. The van der Waals surface area contributed by atoms with Crippen molar-refractivity contribution in [3.63, 3.8) is 0 Å². The van der Waals surface area contributed by atoms with Crippen LogP contribution >= 0.6 is 0 Å². The molecule has 8 nitrogen and oxygen atoms in total. The topological polar surface area (TPSA) is 93.0 Å². The highest BCUT2D eigenvalue weighted by Crippen LogP contribution is 2.34. The van der Waals surface area contributed by atoms with E-state index in [1.54, 1.807) is 15.8 Å². The number of para-hydroxylation sites is 1. The number of pyridine rings is 1. The molecular formula is C32H34N6O2. The van der Waals surface area contributed by atoms with Crippen LogP contribution in [0.15, 0.2) is 79.0 Å². The number of hydrogen-bond donors (Lipinski definition) is 1. The minimum atomic E-state index is -0.932. The minimum Gasteiger partial charge on any atom is -0.349 e. The maximum Gasteiger partial charge on any atom is 0.249 e. The molecule has 0 bridgehead atoms. The maximum atomic E-state index is 14.4. The molecule has 1 atom stereocenters. The molecule has 0 aliphatic rings. The summed E-state index contributed by atoms with van der Waals surface area (Å²) in [4.78, 5) is 34.7. The van der Waals surface area contributed by atoms with Crippen LogP contribution in [-0.2, 0) is 16.1 Å². The van der Waals surface area contributed by atoms with Gasteiger partial charge < -0.3 is 5.32 Å². The molecular weight excluding hydrogens is 500 g/mol. The van der Waals surface area contributed by atoms with Gasteiger partial charge in [-0.25, -0.2) is 4.68 Å². The van der Waals surface area contributed by atoms with E-state index in [1.807, 2.05) is 107 Å². The lowest BCUT2D eigenvalue weighted by Crippen LogP contribution is -2.51. The number of anilines is 1. The first-order valence-corrected chi connectivity index (χ1v) is 13.5. The summed E-state index contributed by atoms with van der Waals surface area (Å²) in [5.74, 6) is -0.530. The van der Waals surface area contributed by atoms with Crippen molar-refractivity contribution in [2.75, 3.05) is 4.90 Å². The number of nitrogens with one attached hydrogen (secondary N) is 1. The molecule has 40 heavy (non-hydrogen) atoms. The molecule has 0 aliphatic heterocycles. The van der Waals surface area contributed by atoms with Gasteiger partial charge in [0, 0.05) is 22.8 Å². The Kier molecular flexibility index (Phi) is 7.34. The molecule has 2 amide bonds. The number of hydrogen-bond acceptors (Lipinski definition) is 5. The summed E-state index contributed by atoms with van der Waals surface area (Å²) < 4.78 is 1.59. The Balaban J connectivity index is 1.68. The highest BCUT2D eigenvalue weighted by molar-refractivity contribution is 6.02. The fraction of sp³-hybridized carbons (Fsp3) is 0.281. The van der Waals surface area contributed by atoms with Crippen LogP contribution in [0.3, 0.4) is 0 Å². The maximum absolute atomic E-state index is 14.4. The number of fused-ring (bicyclic) bond motifs is 2. The van der Waals surface area contributed by atoms with E-state index >= 15 is 0 Å². The van der Waals surface area contributed by atoms with Crippen LogP contribution < -0.4 is 10.2 Å². The van der Waals surface area contributed by atoms with Crippen molar-refractivity contribution in [1.29, 1.82) is 0 Å². The van der Waals surface area contributed by atoms with E-state index in [2.05, 4.69) is 20.6 Å². The van der Waals surface area contributed by atoms with Gasteiger partial charge in [0.1, 0.15) is 18.1 Å². The molecule has 0 saturated carbocycles. The Morgan fingerprint density at radius 1 is 0.975 bits per heavy atom. The molecule has 3 aromatic carbocycles. The average molecular weight is 535 g/mol. The summed E-state index contributed by atoms with van der Waals surface area (Å²) in [5, 5.41) is 12.6. The lowest BCUT2D eigenvalue weighted by Gasteiger charge is -2.35. The molecule has 1 unspecified atom stereocenters. The fourth-order valence-electron chi connectivity index (χ4n) is 4.82. The summed E-state index contributed by atoms with van der Waals surface area (Å²) in [5.41, 5.74) is 5.13. The largest absolute Gasteiger partial charge is 0.349 e. The molecule has 0 aliphatic carbocycles. The third kappa shape index (κ3) is 5.30. The zero-order chi connectivity index (χ0) is 28.4. The van der Waals surface area contributed by atoms with Gasteiger partial charge >= 0.3 is 0 Å². The zero-order valence-electron chi connectivity index (χ0n) is 23.5. The molecule has 5 rings (SSSR count). The molecule has 204 valence electrons. The monoisotopic (exact) mass is 534 g/mol. The van der Waals surface area contributed by atoms with E-state index in [1.165, 1.54) is 0 Å². The normalized spacial score (nSPS) is 12.4. The quantitative estimate of drug-likeness (QED) is 0.277. The lowest BCUT2D eigenvalue weighted by atomic mass is 9.96. The predicted octanol–water partition coefficient (Wildman–Crippen LogP) is 5.68. The van der Waals surface area contributed by atoms with Gasteiger partial charge in [-0.2, -0.15) is 0 Å². The number of amides is 2. The number of aromatic nitrogens is 4. The Labute approximate surface area is 234 Å². The highest BCUT2D eigenvalue weighted by Gasteiger charge is 2.36. The Bertz CT molecular complexity index is 1710. The number of carbonyl (C=O) groups is 2. The first kappa shape index (κ1) is 27.0. The van der Waals surface area contributed by atoms with Crippen LogP contribution in [0.25, 0.3) is 21.9 Å². The minimum absolute atomic E-state index is 0.0794. The van der Waals surface area contributed by atoms with Gasteiger partial charge in [0.05, 0.1) is 11.0 Å². The number of aryl methyl sites for hydroxylation is 1. The zero-order valence-corrected chi connectivity index (χ0v) is 23.5. The summed E-state index contributed by atoms with van der Waals surface area (Å²) in [6, 6.07) is 22.0. The number of rotatable bonds is 8. The van der Waals surface area contributed by atoms with Crippen LogP contribution in [0.5, 0.6) is 0 Å². The van der Waals surface area contributed by atoms with Crippen molar-refractivity contribution in [3.8, 4) is 0 Å². The summed E-state index contributed by atoms with van der Waals surface area (Å²) in [7, 11) is 0. The molecule has 2 aromatic heterocycles. The number of nitrogens with zero attached hydrogens (tertiary/aromatic N) is 5. The van der Waals surface area contributed by atoms with Crippen molar-refractivity contribution in [2.24, 2.45) is 0 Å². The Hall–Kier alpha value is -4.59. The number of carbonyl (C=O) groups excluding carboxylic acids is 2. The summed E-state index contributed by atoms with van der Waals surface area (Å²) >= 11 is 0. The van der Waals surface area contributed by atoms with Crippen LogP contribution in [-0.4, -0.2) is 37.3 Å². The third-order valence-electron chi connectivity index (χ3n) is 7.60. The number of benzene rings is 3. The van der Waals surface area contributed by atoms with Gasteiger partial charge in [0.15, 0.2) is 0 Å². The van der Waals surface area contributed by atoms with Crippen LogP contribution in [0.4, 0.5) is 5.69 Å². The van der Waals surface area contributed by atoms with Gasteiger partial charge in [0.25, 0.3) is 0 Å². The van der Waals surface area contributed by atoms with Gasteiger partial charge in [0.2, 0.25) is 11.8 Å². The van der Waals surface area contributed by atoms with Crippen molar-refractivity contribution in [2.45, 2.75) is 59.2 Å². The van der Waals surface area contributed by atoms with E-state index in [9.17, 15) is 9.59 Å². The molecule has 0 radical (unpaired) electrons. The first-order valence-electron chi connectivity index (χ1n) is 13.5. The van der Waals surface area contributed by atoms with Gasteiger partial charge in [-0.05, 0) is 87.2 Å². The lowest BCUT2D eigenvalue weighted by molar-refractivity contribution is -0.128. The van der Waals surface area contributed by atoms with Gasteiger partial charge in [-0.1, -0.05) is 48.5 Å². The van der Waals surface area contributed by atoms with E-state index in [4.69, 9.17) is 0 Å². The molecule has 0 fully saturated rings. The molecule has 2 heterocycles. The standard InChI is InChI=1S/C32H34N6O2/c1-6-32(4,5)34-31(40)30(24-16-17-25-23(19-24)12-10-18-33-25)38(27-15-9-11-21(2)22(27)3)29(39)20-37-28-14-8-7-13-26(28)35-36-37/h7-19,30H,6,20H2,1-5H3,(H,34,40). The van der Waals surface area contributed by atoms with E-state index in [0.29, 0.717) is 16.8 Å². The van der Waals surface area contributed by atoms with Crippen molar-refractivity contribution >= 4 is 39.4 Å². The molecule has 8 heteroatoms. The van der Waals surface area contributed by atoms with Crippen molar-refractivity contribution in [3.05, 3.63) is 95.7 Å². The fourth-order valence-corrected chi connectivity index (χ4v) is 4.82. The summed E-state index contributed by atoms with van der Waals surface area (Å²) in [6.45, 7) is 9.90. The van der Waals surface area contributed by atoms with E-state index in [0.717, 1.165) is 34.0 Å². The van der Waals surface area contributed by atoms with Gasteiger partial charge in [-0.3, -0.25) is 19.5 Å². The predicted molar refractivity (Wildman–Crippen MR) is 158 cm³/mol. The molecule has 1 N–H and O–H groups in total. The van der Waals surface area contributed by atoms with Crippen LogP contribution in [0.2, 0.25) is 0 Å². The van der Waals surface area contributed by atoms with Crippen LogP contribution in [0.1, 0.15) is 49.9 Å². The second-order valence-corrected chi connectivity index (χ2v) is 10.8. The highest BCUT2D eigenvalue weighted by atomic mass is 16.2. The Morgan fingerprint density at radius 3 is 2.58 bits per heavy atom. The SMILES string of the molecule is CCC(C)(C)NC(=O)C(c1ccc2ncccc2c1)N(C(=O)Cn1nnc2ccccc21)c1cccc(C)c1C. The smallest absolute Gasteiger partial charge is 0.249 e. The van der Waals surface area contributed by atoms with E-state index in [-0.39, 0.29) is 18.4 Å². The van der Waals surface area contributed by atoms with Crippen molar-refractivity contribution in [1.82, 2.24) is 25.3 Å². The summed E-state index contributed by atoms with van der Waals surface area (Å²) in [6.07, 6.45) is 2.47. The van der Waals surface area contributed by atoms with Gasteiger partial charge in [-0.15, -0.1) is 5.10 Å².